The second kappa shape index (κ2) is 26.0. The van der Waals surface area contributed by atoms with Crippen LogP contribution in [0.15, 0.2) is 0 Å². The minimum absolute atomic E-state index is 0. The zero-order valence-corrected chi connectivity index (χ0v) is 12.6. The number of hydrogen-bond donors (Lipinski definition) is 4. The summed E-state index contributed by atoms with van der Waals surface area (Å²) in [4.78, 5) is 0. The van der Waals surface area contributed by atoms with Gasteiger partial charge in [-0.3, -0.25) is 0 Å². The smallest absolute Gasteiger partial charge is 0.512 e. The summed E-state index contributed by atoms with van der Waals surface area (Å²) in [6, 6.07) is 0. The van der Waals surface area contributed by atoms with Crippen LogP contribution in [0.1, 0.15) is 12.8 Å². The molecule has 0 aliphatic carbocycles. The summed E-state index contributed by atoms with van der Waals surface area (Å²) in [5.41, 5.74) is 0. The molecule has 0 saturated carbocycles. The molecule has 0 unspecified atom stereocenters. The number of nitrogens with one attached hydrogen (secondary N) is 4. The molecule has 0 atom stereocenters. The predicted molar refractivity (Wildman–Crippen MR) is 70.6 cm³/mol. The molecule has 1 fully saturated rings. The van der Waals surface area contributed by atoms with Crippen molar-refractivity contribution in [3.8, 4) is 0 Å². The van der Waals surface area contributed by atoms with Crippen LogP contribution < -0.4 is 21.3 Å². The number of hydrogen-bond acceptors (Lipinski definition) is 6. The first-order valence-electron chi connectivity index (χ1n) is 6.28. The molecule has 0 aromatic heterocycles. The van der Waals surface area contributed by atoms with Crippen molar-refractivity contribution in [2.45, 2.75) is 12.8 Å². The van der Waals surface area contributed by atoms with Crippen molar-refractivity contribution in [2.75, 3.05) is 52.4 Å². The van der Waals surface area contributed by atoms with E-state index in [1.807, 2.05) is 0 Å². The largest absolute Gasteiger partial charge is 2.00 e. The van der Waals surface area contributed by atoms with Gasteiger partial charge in [0.15, 0.2) is 0 Å². The van der Waals surface area contributed by atoms with E-state index in [9.17, 15) is 0 Å². The van der Waals surface area contributed by atoms with Crippen molar-refractivity contribution >= 4 is 0 Å². The van der Waals surface area contributed by atoms with Gasteiger partial charge >= 0.3 is 17.4 Å². The van der Waals surface area contributed by atoms with Crippen LogP contribution >= 0.6 is 0 Å². The summed E-state index contributed by atoms with van der Waals surface area (Å²) in [7, 11) is 0. The Morgan fingerprint density at radius 1 is 0.474 bits per heavy atom. The third-order valence-electron chi connectivity index (χ3n) is 2.37. The summed E-state index contributed by atoms with van der Waals surface area (Å²) in [5.74, 6) is 0. The topological polar surface area (TPSA) is 95.7 Å². The molecule has 1 rings (SSSR count). The Kier molecular flexibility index (Phi) is 32.1. The van der Waals surface area contributed by atoms with E-state index in [1.165, 1.54) is 12.8 Å². The maximum absolute atomic E-state index is 6.25. The zero-order chi connectivity index (χ0) is 13.9. The van der Waals surface area contributed by atoms with Gasteiger partial charge in [0, 0.05) is 26.2 Å². The normalized spacial score (nSPS) is 17.9. The molecular formula is C12H24CrN6. The third kappa shape index (κ3) is 22.9. The quantitative estimate of drug-likeness (QED) is 0.443. The minimum Gasteiger partial charge on any atom is -0.512 e. The Balaban J connectivity index is -0.000000467. The standard InChI is InChI=1S/C10H24N4.2CN.Cr/c1-3-11-7-9-13-5-2-6-14-10-8-12-4-1;2*1-2;/h11-14H,1-10H2;;;/q;2*-1;+2. The van der Waals surface area contributed by atoms with Gasteiger partial charge in [0.25, 0.3) is 0 Å². The van der Waals surface area contributed by atoms with Gasteiger partial charge in [0.2, 0.25) is 0 Å². The summed E-state index contributed by atoms with van der Waals surface area (Å²) in [5, 5.41) is 26.2. The van der Waals surface area contributed by atoms with Gasteiger partial charge in [0.05, 0.1) is 0 Å². The summed E-state index contributed by atoms with van der Waals surface area (Å²) in [6.45, 7) is 18.4. The van der Waals surface area contributed by atoms with Crippen LogP contribution in [-0.2, 0) is 17.4 Å². The first-order valence-corrected chi connectivity index (χ1v) is 6.28. The Bertz CT molecular complexity index is 126. The van der Waals surface area contributed by atoms with Crippen LogP contribution in [0.3, 0.4) is 0 Å². The van der Waals surface area contributed by atoms with E-state index in [0.29, 0.717) is 0 Å². The molecule has 1 saturated heterocycles. The Morgan fingerprint density at radius 2 is 0.684 bits per heavy atom. The second-order valence-corrected chi connectivity index (χ2v) is 3.71. The van der Waals surface area contributed by atoms with Gasteiger partial charge in [-0.1, -0.05) is 0 Å². The fraction of sp³-hybridized carbons (Fsp3) is 0.833. The molecular weight excluding hydrogens is 280 g/mol. The summed E-state index contributed by atoms with van der Waals surface area (Å²) in [6.07, 6.45) is 2.44. The molecule has 0 spiro atoms. The van der Waals surface area contributed by atoms with Crippen molar-refractivity contribution in [1.82, 2.24) is 21.3 Å². The van der Waals surface area contributed by atoms with Crippen molar-refractivity contribution in [1.29, 1.82) is 10.5 Å². The van der Waals surface area contributed by atoms with Gasteiger partial charge in [-0.05, 0) is 39.0 Å². The van der Waals surface area contributed by atoms with Gasteiger partial charge in [-0.15, -0.1) is 0 Å². The maximum Gasteiger partial charge on any atom is 2.00 e. The van der Waals surface area contributed by atoms with Crippen LogP contribution in [-0.4, -0.2) is 52.4 Å². The molecule has 19 heavy (non-hydrogen) atoms. The van der Waals surface area contributed by atoms with E-state index in [2.05, 4.69) is 21.3 Å². The molecule has 0 aromatic rings. The van der Waals surface area contributed by atoms with Crippen LogP contribution in [0.25, 0.3) is 0 Å². The van der Waals surface area contributed by atoms with Gasteiger partial charge < -0.3 is 44.9 Å². The molecule has 4 N–H and O–H groups in total. The number of nitrogens with zero attached hydrogens (tertiary/aromatic N) is 2. The van der Waals surface area contributed by atoms with E-state index in [-0.39, 0.29) is 17.4 Å². The van der Waals surface area contributed by atoms with Crippen LogP contribution in [0.4, 0.5) is 0 Å². The van der Waals surface area contributed by atoms with Crippen LogP contribution in [0, 0.1) is 23.7 Å². The van der Waals surface area contributed by atoms with E-state index in [0.717, 1.165) is 52.4 Å². The summed E-state index contributed by atoms with van der Waals surface area (Å²) < 4.78 is 0. The SMILES string of the molecule is C1CNCCNCCCNCCNC1.[C-]#N.[C-]#N.[Cr+2]. The fourth-order valence-corrected chi connectivity index (χ4v) is 1.53. The van der Waals surface area contributed by atoms with E-state index < -0.39 is 0 Å². The van der Waals surface area contributed by atoms with E-state index >= 15 is 0 Å². The molecule has 108 valence electrons. The molecule has 6 nitrogen and oxygen atoms in total. The molecule has 0 aromatic carbocycles. The average molecular weight is 304 g/mol. The van der Waals surface area contributed by atoms with Gasteiger partial charge in [-0.25, -0.2) is 0 Å². The first kappa shape index (κ1) is 23.4. The minimum atomic E-state index is 0. The third-order valence-corrected chi connectivity index (χ3v) is 2.37. The predicted octanol–water partition coefficient (Wildman–Crippen LogP) is -0.671. The molecule has 7 heteroatoms. The molecule has 1 heterocycles. The maximum atomic E-state index is 6.25. The molecule has 0 bridgehead atoms. The average Bonchev–Trinajstić information content (AvgIpc) is 2.46. The molecule has 0 amide bonds. The second-order valence-electron chi connectivity index (χ2n) is 3.71. The van der Waals surface area contributed by atoms with Gasteiger partial charge in [-0.2, -0.15) is 0 Å². The fourth-order valence-electron chi connectivity index (χ4n) is 1.53. The molecule has 1 aliphatic rings. The van der Waals surface area contributed by atoms with Crippen LogP contribution in [0.5, 0.6) is 0 Å². The molecule has 1 aliphatic heterocycles. The first-order chi connectivity index (χ1) is 9.00. The van der Waals surface area contributed by atoms with Crippen molar-refractivity contribution in [2.24, 2.45) is 0 Å². The summed E-state index contributed by atoms with van der Waals surface area (Å²) >= 11 is 0. The van der Waals surface area contributed by atoms with E-state index in [4.69, 9.17) is 23.7 Å². The van der Waals surface area contributed by atoms with Gasteiger partial charge in [0.1, 0.15) is 0 Å². The molecule has 0 radical (unpaired) electrons. The van der Waals surface area contributed by atoms with Crippen LogP contribution in [0.2, 0.25) is 0 Å². The Labute approximate surface area is 128 Å². The zero-order valence-electron chi connectivity index (χ0n) is 11.4. The monoisotopic (exact) mass is 304 g/mol. The van der Waals surface area contributed by atoms with Crippen molar-refractivity contribution in [3.05, 3.63) is 13.1 Å². The van der Waals surface area contributed by atoms with E-state index in [1.54, 1.807) is 0 Å². The van der Waals surface area contributed by atoms with Crippen molar-refractivity contribution in [3.63, 3.8) is 0 Å². The Hall–Kier alpha value is -0.648. The van der Waals surface area contributed by atoms with Crippen molar-refractivity contribution < 1.29 is 17.4 Å². The Morgan fingerprint density at radius 3 is 0.895 bits per heavy atom. The number of rotatable bonds is 0.